The second-order valence-corrected chi connectivity index (χ2v) is 6.51. The van der Waals surface area contributed by atoms with Gasteiger partial charge in [-0.3, -0.25) is 0 Å². The highest BCUT2D eigenvalue weighted by atomic mass is 35.5. The molecule has 2 amide bonds. The number of carbonyl (C=O) groups is 1. The van der Waals surface area contributed by atoms with Gasteiger partial charge in [0.05, 0.1) is 5.41 Å². The Morgan fingerprint density at radius 2 is 2.00 bits per heavy atom. The van der Waals surface area contributed by atoms with Crippen LogP contribution in [0.25, 0.3) is 6.08 Å². The van der Waals surface area contributed by atoms with Gasteiger partial charge in [-0.1, -0.05) is 23.7 Å². The minimum atomic E-state index is -3.79. The molecule has 2 rings (SSSR count). The highest BCUT2D eigenvalue weighted by molar-refractivity contribution is 7.93. The van der Waals surface area contributed by atoms with E-state index in [-0.39, 0.29) is 0 Å². The van der Waals surface area contributed by atoms with Gasteiger partial charge < -0.3 is 4.90 Å². The Labute approximate surface area is 123 Å². The van der Waals surface area contributed by atoms with Crippen molar-refractivity contribution in [1.82, 2.24) is 9.62 Å². The van der Waals surface area contributed by atoms with Gasteiger partial charge in [-0.15, -0.1) is 0 Å². The van der Waals surface area contributed by atoms with Crippen LogP contribution in [0, 0.1) is 0 Å². The number of nitrogens with zero attached hydrogens (tertiary/aromatic N) is 1. The topological polar surface area (TPSA) is 66.5 Å². The molecule has 1 heterocycles. The van der Waals surface area contributed by atoms with E-state index in [1.165, 1.54) is 11.0 Å². The van der Waals surface area contributed by atoms with Crippen LogP contribution in [0.3, 0.4) is 0 Å². The lowest BCUT2D eigenvalue weighted by atomic mass is 10.2. The van der Waals surface area contributed by atoms with Crippen molar-refractivity contribution < 1.29 is 13.2 Å². The minimum Gasteiger partial charge on any atom is -0.324 e. The lowest BCUT2D eigenvalue weighted by Gasteiger charge is -2.14. The van der Waals surface area contributed by atoms with E-state index >= 15 is 0 Å². The maximum absolute atomic E-state index is 11.8. The number of likely N-dealkylation sites (tertiary alicyclic amines) is 1. The number of halogens is 1. The number of amides is 2. The van der Waals surface area contributed by atoms with Crippen LogP contribution in [-0.2, 0) is 10.0 Å². The first-order chi connectivity index (χ1) is 9.46. The molecule has 0 radical (unpaired) electrons. The number of hydrogen-bond acceptors (Lipinski definition) is 3. The molecule has 1 saturated heterocycles. The molecule has 0 aromatic heterocycles. The SMILES string of the molecule is O=C(NS(=O)(=O)C=Cc1cccc(Cl)c1)N1CCCC1. The normalized spacial score (nSPS) is 15.8. The Kier molecular flexibility index (Phi) is 4.67. The van der Waals surface area contributed by atoms with Crippen molar-refractivity contribution in [3.8, 4) is 0 Å². The smallest absolute Gasteiger partial charge is 0.324 e. The molecule has 1 aliphatic rings. The fourth-order valence-corrected chi connectivity index (χ4v) is 2.89. The Morgan fingerprint density at radius 3 is 2.65 bits per heavy atom. The summed E-state index contributed by atoms with van der Waals surface area (Å²) in [5.41, 5.74) is 0.650. The zero-order valence-corrected chi connectivity index (χ0v) is 12.3. The Bertz CT molecular complexity index is 622. The third-order valence-electron chi connectivity index (χ3n) is 2.91. The van der Waals surface area contributed by atoms with Crippen LogP contribution in [0.15, 0.2) is 29.7 Å². The molecule has 0 spiro atoms. The van der Waals surface area contributed by atoms with Crippen molar-refractivity contribution >= 4 is 33.7 Å². The van der Waals surface area contributed by atoms with Crippen LogP contribution in [0.1, 0.15) is 18.4 Å². The molecule has 0 unspecified atom stereocenters. The number of sulfonamides is 1. The van der Waals surface area contributed by atoms with Gasteiger partial charge >= 0.3 is 6.03 Å². The lowest BCUT2D eigenvalue weighted by molar-refractivity contribution is 0.215. The second-order valence-electron chi connectivity index (χ2n) is 4.50. The standard InChI is InChI=1S/C13H15ClN2O3S/c14-12-5-3-4-11(10-12)6-9-20(18,19)15-13(17)16-7-1-2-8-16/h3-6,9-10H,1-2,7-8H2,(H,15,17). The van der Waals surface area contributed by atoms with E-state index in [1.807, 2.05) is 4.72 Å². The fourth-order valence-electron chi connectivity index (χ4n) is 1.92. The molecule has 1 aromatic rings. The van der Waals surface area contributed by atoms with E-state index in [9.17, 15) is 13.2 Å². The number of benzene rings is 1. The molecule has 1 fully saturated rings. The number of urea groups is 1. The lowest BCUT2D eigenvalue weighted by Crippen LogP contribution is -2.40. The van der Waals surface area contributed by atoms with Crippen molar-refractivity contribution in [1.29, 1.82) is 0 Å². The van der Waals surface area contributed by atoms with Crippen molar-refractivity contribution in [3.05, 3.63) is 40.3 Å². The average Bonchev–Trinajstić information content (AvgIpc) is 2.90. The molecule has 20 heavy (non-hydrogen) atoms. The molecule has 1 aliphatic heterocycles. The molecule has 0 aliphatic carbocycles. The van der Waals surface area contributed by atoms with E-state index in [1.54, 1.807) is 24.3 Å². The largest absolute Gasteiger partial charge is 0.331 e. The first-order valence-electron chi connectivity index (χ1n) is 6.22. The molecular formula is C13H15ClN2O3S. The van der Waals surface area contributed by atoms with Gasteiger partial charge in [0, 0.05) is 18.1 Å². The first-order valence-corrected chi connectivity index (χ1v) is 8.14. The second kappa shape index (κ2) is 6.28. The van der Waals surface area contributed by atoms with Crippen LogP contribution in [-0.4, -0.2) is 32.4 Å². The van der Waals surface area contributed by atoms with Gasteiger partial charge in [0.25, 0.3) is 10.0 Å². The van der Waals surface area contributed by atoms with Gasteiger partial charge in [-0.25, -0.2) is 17.9 Å². The van der Waals surface area contributed by atoms with Crippen LogP contribution in [0.2, 0.25) is 5.02 Å². The summed E-state index contributed by atoms with van der Waals surface area (Å²) in [6.07, 6.45) is 3.21. The molecule has 7 heteroatoms. The third-order valence-corrected chi connectivity index (χ3v) is 4.10. The van der Waals surface area contributed by atoms with Gasteiger partial charge in [-0.2, -0.15) is 0 Å². The fraction of sp³-hybridized carbons (Fsp3) is 0.308. The molecular weight excluding hydrogens is 300 g/mol. The quantitative estimate of drug-likeness (QED) is 0.932. The van der Waals surface area contributed by atoms with Crippen molar-refractivity contribution in [3.63, 3.8) is 0 Å². The zero-order chi connectivity index (χ0) is 14.6. The van der Waals surface area contributed by atoms with Gasteiger partial charge in [0.1, 0.15) is 0 Å². The minimum absolute atomic E-state index is 0.519. The number of carbonyl (C=O) groups excluding carboxylic acids is 1. The van der Waals surface area contributed by atoms with Crippen molar-refractivity contribution in [2.24, 2.45) is 0 Å². The summed E-state index contributed by atoms with van der Waals surface area (Å²) >= 11 is 5.81. The highest BCUT2D eigenvalue weighted by Crippen LogP contribution is 2.12. The van der Waals surface area contributed by atoms with E-state index < -0.39 is 16.1 Å². The third kappa shape index (κ3) is 4.25. The first kappa shape index (κ1) is 14.9. The molecule has 5 nitrogen and oxygen atoms in total. The van der Waals surface area contributed by atoms with E-state index in [0.717, 1.165) is 18.2 Å². The molecule has 108 valence electrons. The van der Waals surface area contributed by atoms with Crippen LogP contribution in [0.5, 0.6) is 0 Å². The van der Waals surface area contributed by atoms with Gasteiger partial charge in [0.2, 0.25) is 0 Å². The summed E-state index contributed by atoms with van der Waals surface area (Å²) < 4.78 is 25.6. The van der Waals surface area contributed by atoms with Crippen LogP contribution >= 0.6 is 11.6 Å². The number of rotatable bonds is 3. The van der Waals surface area contributed by atoms with E-state index in [4.69, 9.17) is 11.6 Å². The predicted molar refractivity (Wildman–Crippen MR) is 78.7 cm³/mol. The van der Waals surface area contributed by atoms with Crippen molar-refractivity contribution in [2.75, 3.05) is 13.1 Å². The van der Waals surface area contributed by atoms with Gasteiger partial charge in [-0.05, 0) is 36.6 Å². The molecule has 0 saturated carbocycles. The summed E-state index contributed by atoms with van der Waals surface area (Å²) in [7, 11) is -3.79. The summed E-state index contributed by atoms with van der Waals surface area (Å²) in [6.45, 7) is 1.19. The predicted octanol–water partition coefficient (Wildman–Crippen LogP) is 2.45. The van der Waals surface area contributed by atoms with Crippen LogP contribution in [0.4, 0.5) is 4.79 Å². The average molecular weight is 315 g/mol. The van der Waals surface area contributed by atoms with E-state index in [0.29, 0.717) is 23.7 Å². The van der Waals surface area contributed by atoms with Gasteiger partial charge in [0.15, 0.2) is 0 Å². The number of hydrogen-bond donors (Lipinski definition) is 1. The molecule has 1 aromatic carbocycles. The Hall–Kier alpha value is -1.53. The maximum Gasteiger partial charge on any atom is 0.331 e. The maximum atomic E-state index is 11.8. The Morgan fingerprint density at radius 1 is 1.30 bits per heavy atom. The van der Waals surface area contributed by atoms with Crippen LogP contribution < -0.4 is 4.72 Å². The zero-order valence-electron chi connectivity index (χ0n) is 10.8. The summed E-state index contributed by atoms with van der Waals surface area (Å²) in [5, 5.41) is 1.48. The molecule has 0 atom stereocenters. The molecule has 1 N–H and O–H groups in total. The molecule has 0 bridgehead atoms. The summed E-state index contributed by atoms with van der Waals surface area (Å²) in [4.78, 5) is 13.2. The Balaban J connectivity index is 2.01. The monoisotopic (exact) mass is 314 g/mol. The highest BCUT2D eigenvalue weighted by Gasteiger charge is 2.21. The summed E-state index contributed by atoms with van der Waals surface area (Å²) in [5.74, 6) is 0. The number of nitrogens with one attached hydrogen (secondary N) is 1. The van der Waals surface area contributed by atoms with Crippen molar-refractivity contribution in [2.45, 2.75) is 12.8 Å². The van der Waals surface area contributed by atoms with E-state index in [2.05, 4.69) is 0 Å². The summed E-state index contributed by atoms with van der Waals surface area (Å²) in [6, 6.07) is 6.20.